The molecule has 1 aromatic heterocycles. The summed E-state index contributed by atoms with van der Waals surface area (Å²) in [6.45, 7) is 5.83. The highest BCUT2D eigenvalue weighted by Gasteiger charge is 2.28. The van der Waals surface area contributed by atoms with Gasteiger partial charge in [0, 0.05) is 23.6 Å². The second-order valence-corrected chi connectivity index (χ2v) is 6.58. The van der Waals surface area contributed by atoms with E-state index in [0.717, 1.165) is 0 Å². The number of H-pyrrole nitrogens is 1. The van der Waals surface area contributed by atoms with Crippen LogP contribution in [0.25, 0.3) is 10.9 Å². The third kappa shape index (κ3) is 4.06. The highest BCUT2D eigenvalue weighted by Crippen LogP contribution is 2.14. The lowest BCUT2D eigenvalue weighted by atomic mass is 9.88. The van der Waals surface area contributed by atoms with Crippen LogP contribution in [-0.2, 0) is 4.79 Å². The number of nitrogens with one attached hydrogen (secondary N) is 3. The van der Waals surface area contributed by atoms with E-state index in [1.807, 2.05) is 20.8 Å². The molecule has 134 valence electrons. The van der Waals surface area contributed by atoms with Gasteiger partial charge in [0.1, 0.15) is 5.56 Å². The minimum atomic E-state index is -0.596. The van der Waals surface area contributed by atoms with Gasteiger partial charge in [-0.3, -0.25) is 14.4 Å². The maximum atomic E-state index is 12.4. The molecule has 7 heteroatoms. The Labute approximate surface area is 146 Å². The van der Waals surface area contributed by atoms with Crippen molar-refractivity contribution in [2.45, 2.75) is 26.3 Å². The van der Waals surface area contributed by atoms with Crippen LogP contribution in [0.3, 0.4) is 0 Å². The number of fused-ring (bicyclic) bond motifs is 1. The van der Waals surface area contributed by atoms with Crippen LogP contribution in [0.2, 0.25) is 0 Å². The zero-order valence-corrected chi connectivity index (χ0v) is 14.7. The quantitative estimate of drug-likeness (QED) is 0.618. The maximum absolute atomic E-state index is 12.4. The van der Waals surface area contributed by atoms with Crippen molar-refractivity contribution in [3.63, 3.8) is 0 Å². The summed E-state index contributed by atoms with van der Waals surface area (Å²) >= 11 is 0. The van der Waals surface area contributed by atoms with E-state index in [2.05, 4.69) is 15.6 Å². The molecule has 25 heavy (non-hydrogen) atoms. The molecule has 0 saturated carbocycles. The zero-order chi connectivity index (χ0) is 18.6. The average molecular weight is 344 g/mol. The van der Waals surface area contributed by atoms with Gasteiger partial charge in [-0.25, -0.2) is 0 Å². The molecule has 0 fully saturated rings. The third-order valence-electron chi connectivity index (χ3n) is 4.57. The summed E-state index contributed by atoms with van der Waals surface area (Å²) in [5, 5.41) is 5.73. The Morgan fingerprint density at radius 1 is 1.28 bits per heavy atom. The van der Waals surface area contributed by atoms with E-state index in [9.17, 15) is 14.4 Å². The lowest BCUT2D eigenvalue weighted by Crippen LogP contribution is -2.57. The number of nitrogens with two attached hydrogens (primary N) is 1. The number of pyridine rings is 1. The molecule has 0 radical (unpaired) electrons. The third-order valence-corrected chi connectivity index (χ3v) is 4.57. The predicted octanol–water partition coefficient (Wildman–Crippen LogP) is 0.748. The number of aromatic amines is 1. The van der Waals surface area contributed by atoms with Gasteiger partial charge in [-0.1, -0.05) is 26.0 Å². The molecule has 1 atom stereocenters. The molecule has 7 nitrogen and oxygen atoms in total. The van der Waals surface area contributed by atoms with Gasteiger partial charge in [-0.2, -0.15) is 0 Å². The molecule has 2 rings (SSSR count). The maximum Gasteiger partial charge on any atom is 0.257 e. The molecule has 2 aromatic rings. The van der Waals surface area contributed by atoms with Gasteiger partial charge in [0.05, 0.1) is 12.1 Å². The van der Waals surface area contributed by atoms with E-state index >= 15 is 0 Å². The number of hydrogen-bond acceptors (Lipinski definition) is 4. The topological polar surface area (TPSA) is 117 Å². The number of amides is 2. The second kappa shape index (κ2) is 7.48. The van der Waals surface area contributed by atoms with Crippen LogP contribution >= 0.6 is 0 Å². The largest absolute Gasteiger partial charge is 0.360 e. The van der Waals surface area contributed by atoms with Crippen LogP contribution in [0.4, 0.5) is 0 Å². The van der Waals surface area contributed by atoms with E-state index in [1.165, 1.54) is 6.20 Å². The number of carbonyl (C=O) groups excluding carboxylic acids is 2. The van der Waals surface area contributed by atoms with Gasteiger partial charge in [-0.05, 0) is 25.0 Å². The van der Waals surface area contributed by atoms with Gasteiger partial charge in [0.2, 0.25) is 11.3 Å². The van der Waals surface area contributed by atoms with Gasteiger partial charge >= 0.3 is 0 Å². The van der Waals surface area contributed by atoms with Gasteiger partial charge in [0.15, 0.2) is 0 Å². The first-order chi connectivity index (χ1) is 11.8. The van der Waals surface area contributed by atoms with Crippen molar-refractivity contribution in [3.05, 3.63) is 46.2 Å². The van der Waals surface area contributed by atoms with Gasteiger partial charge in [0.25, 0.3) is 5.91 Å². The Hall–Kier alpha value is -2.67. The minimum absolute atomic E-state index is 0.0306. The monoisotopic (exact) mass is 344 g/mol. The minimum Gasteiger partial charge on any atom is -0.360 e. The normalized spacial score (nSPS) is 13.5. The van der Waals surface area contributed by atoms with Crippen molar-refractivity contribution in [1.29, 1.82) is 0 Å². The van der Waals surface area contributed by atoms with Crippen molar-refractivity contribution < 1.29 is 9.59 Å². The van der Waals surface area contributed by atoms with Crippen molar-refractivity contribution >= 4 is 22.7 Å². The van der Waals surface area contributed by atoms with Crippen LogP contribution in [0, 0.1) is 5.92 Å². The molecule has 1 unspecified atom stereocenters. The van der Waals surface area contributed by atoms with E-state index in [-0.39, 0.29) is 35.9 Å². The van der Waals surface area contributed by atoms with E-state index in [1.54, 1.807) is 24.3 Å². The predicted molar refractivity (Wildman–Crippen MR) is 97.3 cm³/mol. The van der Waals surface area contributed by atoms with Crippen molar-refractivity contribution in [1.82, 2.24) is 15.6 Å². The second-order valence-electron chi connectivity index (χ2n) is 6.58. The molecular weight excluding hydrogens is 320 g/mol. The van der Waals surface area contributed by atoms with Crippen molar-refractivity contribution in [3.8, 4) is 0 Å². The lowest BCUT2D eigenvalue weighted by Gasteiger charge is -2.33. The van der Waals surface area contributed by atoms with E-state index < -0.39 is 11.4 Å². The molecular formula is C18H24N4O3. The highest BCUT2D eigenvalue weighted by atomic mass is 16.2. The summed E-state index contributed by atoms with van der Waals surface area (Å²) < 4.78 is 0. The number of para-hydroxylation sites is 1. The van der Waals surface area contributed by atoms with Crippen molar-refractivity contribution in [2.75, 3.05) is 13.1 Å². The molecule has 1 heterocycles. The summed E-state index contributed by atoms with van der Waals surface area (Å²) in [7, 11) is 0. The molecule has 2 amide bonds. The van der Waals surface area contributed by atoms with Crippen LogP contribution in [0.5, 0.6) is 0 Å². The fraction of sp³-hybridized carbons (Fsp3) is 0.389. The first-order valence-corrected chi connectivity index (χ1v) is 8.18. The van der Waals surface area contributed by atoms with Gasteiger partial charge < -0.3 is 21.4 Å². The number of rotatable bonds is 6. The zero-order valence-electron chi connectivity index (χ0n) is 14.7. The van der Waals surface area contributed by atoms with E-state index in [0.29, 0.717) is 10.9 Å². The Morgan fingerprint density at radius 2 is 1.96 bits per heavy atom. The lowest BCUT2D eigenvalue weighted by molar-refractivity contribution is -0.122. The molecule has 1 aromatic carbocycles. The molecule has 0 aliphatic rings. The number of carbonyl (C=O) groups is 2. The summed E-state index contributed by atoms with van der Waals surface area (Å²) in [4.78, 5) is 39.6. The van der Waals surface area contributed by atoms with Crippen LogP contribution in [-0.4, -0.2) is 35.4 Å². The van der Waals surface area contributed by atoms with Crippen LogP contribution < -0.4 is 21.8 Å². The number of benzene rings is 1. The van der Waals surface area contributed by atoms with Gasteiger partial charge in [-0.15, -0.1) is 0 Å². The summed E-state index contributed by atoms with van der Waals surface area (Å²) in [6.07, 6.45) is 1.36. The molecule has 0 aliphatic heterocycles. The smallest absolute Gasteiger partial charge is 0.257 e. The molecule has 0 bridgehead atoms. The molecule has 5 N–H and O–H groups in total. The Morgan fingerprint density at radius 3 is 2.60 bits per heavy atom. The summed E-state index contributed by atoms with van der Waals surface area (Å²) in [6, 6.07) is 6.93. The molecule has 0 saturated heterocycles. The standard InChI is InChI=1S/C18H24N4O3/c1-11(2)18(3,10-19)22-15(23)9-21-17(25)13-8-20-14-7-5-4-6-12(14)16(13)24/h4-8,11H,9-10,19H2,1-3H3,(H,20,24)(H,21,25)(H,22,23). The molecule has 0 spiro atoms. The Bertz CT molecular complexity index is 844. The summed E-state index contributed by atoms with van der Waals surface area (Å²) in [5.41, 5.74) is 5.42. The first kappa shape index (κ1) is 18.7. The first-order valence-electron chi connectivity index (χ1n) is 8.18. The molecule has 0 aliphatic carbocycles. The van der Waals surface area contributed by atoms with Crippen molar-refractivity contribution in [2.24, 2.45) is 11.7 Å². The average Bonchev–Trinajstić information content (AvgIpc) is 2.60. The van der Waals surface area contributed by atoms with E-state index in [4.69, 9.17) is 5.73 Å². The van der Waals surface area contributed by atoms with Crippen LogP contribution in [0.15, 0.2) is 35.3 Å². The Balaban J connectivity index is 2.07. The number of aromatic nitrogens is 1. The fourth-order valence-corrected chi connectivity index (χ4v) is 2.39. The fourth-order valence-electron chi connectivity index (χ4n) is 2.39. The Kier molecular flexibility index (Phi) is 5.58. The summed E-state index contributed by atoms with van der Waals surface area (Å²) in [5.74, 6) is -0.811. The highest BCUT2D eigenvalue weighted by molar-refractivity contribution is 5.98. The van der Waals surface area contributed by atoms with Crippen LogP contribution in [0.1, 0.15) is 31.1 Å². The number of hydrogen-bond donors (Lipinski definition) is 4. The SMILES string of the molecule is CC(C)C(C)(CN)NC(=O)CNC(=O)c1c[nH]c2ccccc2c1=O.